The molecule has 0 radical (unpaired) electrons. The lowest BCUT2D eigenvalue weighted by Crippen LogP contribution is -2.22. The average molecular weight is 480 g/mol. The minimum Gasteiger partial charge on any atom is -0.496 e. The van der Waals surface area contributed by atoms with E-state index in [4.69, 9.17) is 23.7 Å². The van der Waals surface area contributed by atoms with Crippen LogP contribution in [-0.2, 0) is 19.0 Å². The van der Waals surface area contributed by atoms with Gasteiger partial charge in [0, 0.05) is 0 Å². The van der Waals surface area contributed by atoms with Crippen LogP contribution < -0.4 is 14.8 Å². The van der Waals surface area contributed by atoms with Crippen molar-refractivity contribution < 1.29 is 42.9 Å². The number of benzene rings is 1. The zero-order valence-electron chi connectivity index (χ0n) is 18.9. The average Bonchev–Trinajstić information content (AvgIpc) is 3.12. The Balaban J connectivity index is 2.21. The topological polar surface area (TPSA) is 126 Å². The summed E-state index contributed by atoms with van der Waals surface area (Å²) in [5.74, 6) is -2.44. The molecule has 0 bridgehead atoms. The van der Waals surface area contributed by atoms with Crippen LogP contribution in [0.3, 0.4) is 0 Å². The molecule has 0 saturated carbocycles. The molecule has 1 aromatic heterocycles. The van der Waals surface area contributed by atoms with Crippen molar-refractivity contribution in [1.82, 2.24) is 0 Å². The Morgan fingerprint density at radius 3 is 1.94 bits per heavy atom. The largest absolute Gasteiger partial charge is 0.496 e. The van der Waals surface area contributed by atoms with Crippen LogP contribution >= 0.6 is 11.3 Å². The smallest absolute Gasteiger partial charge is 0.348 e. The van der Waals surface area contributed by atoms with Crippen LogP contribution in [0.2, 0.25) is 0 Å². The minimum absolute atomic E-state index is 0.0269. The van der Waals surface area contributed by atoms with Crippen LogP contribution in [-0.4, -0.2) is 57.9 Å². The van der Waals surface area contributed by atoms with Gasteiger partial charge in [-0.3, -0.25) is 4.79 Å². The zero-order valence-corrected chi connectivity index (χ0v) is 19.8. The van der Waals surface area contributed by atoms with Crippen molar-refractivity contribution in [3.8, 4) is 11.5 Å². The highest BCUT2D eigenvalue weighted by Gasteiger charge is 2.28. The molecule has 0 saturated heterocycles. The maximum Gasteiger partial charge on any atom is 0.348 e. The van der Waals surface area contributed by atoms with Gasteiger partial charge in [0.2, 0.25) is 0 Å². The molecule has 2 aromatic rings. The number of hydrogen-bond donors (Lipinski definition) is 1. The van der Waals surface area contributed by atoms with E-state index in [1.165, 1.54) is 14.2 Å². The Labute approximate surface area is 194 Å². The summed E-state index contributed by atoms with van der Waals surface area (Å²) in [6.45, 7) is 4.44. The van der Waals surface area contributed by atoms with Gasteiger partial charge in [-0.25, -0.2) is 14.4 Å². The van der Waals surface area contributed by atoms with Crippen LogP contribution in [0, 0.1) is 6.92 Å². The van der Waals surface area contributed by atoms with Crippen molar-refractivity contribution in [2.45, 2.75) is 20.8 Å². The number of anilines is 1. The third kappa shape index (κ3) is 6.01. The van der Waals surface area contributed by atoms with Gasteiger partial charge >= 0.3 is 17.9 Å². The van der Waals surface area contributed by atoms with Gasteiger partial charge in [0.05, 0.1) is 33.0 Å². The number of carbonyl (C=O) groups excluding carboxylic acids is 4. The highest BCUT2D eigenvalue weighted by Crippen LogP contribution is 2.34. The number of amides is 1. The molecule has 33 heavy (non-hydrogen) atoms. The molecule has 0 spiro atoms. The van der Waals surface area contributed by atoms with Gasteiger partial charge in [0.25, 0.3) is 5.91 Å². The van der Waals surface area contributed by atoms with Gasteiger partial charge in [0.1, 0.15) is 26.9 Å². The number of carbonyl (C=O) groups is 4. The van der Waals surface area contributed by atoms with Gasteiger partial charge in [-0.05, 0) is 38.5 Å². The number of thiophene rings is 1. The molecule has 0 fully saturated rings. The van der Waals surface area contributed by atoms with E-state index in [1.54, 1.807) is 39.0 Å². The van der Waals surface area contributed by atoms with Crippen LogP contribution in [0.1, 0.15) is 49.8 Å². The Kier molecular flexibility index (Phi) is 9.22. The molecule has 1 aromatic carbocycles. The molecular formula is C22H25NO9S. The number of ether oxygens (including phenoxy) is 5. The lowest BCUT2D eigenvalue weighted by molar-refractivity contribution is -0.119. The third-order valence-electron chi connectivity index (χ3n) is 4.31. The second kappa shape index (κ2) is 11.9. The van der Waals surface area contributed by atoms with Crippen molar-refractivity contribution in [1.29, 1.82) is 0 Å². The summed E-state index contributed by atoms with van der Waals surface area (Å²) >= 11 is 0.872. The van der Waals surface area contributed by atoms with Crippen LogP contribution in [0.15, 0.2) is 18.2 Å². The van der Waals surface area contributed by atoms with Crippen molar-refractivity contribution in [2.24, 2.45) is 0 Å². The van der Waals surface area contributed by atoms with Crippen molar-refractivity contribution in [2.75, 3.05) is 39.4 Å². The summed E-state index contributed by atoms with van der Waals surface area (Å²) in [5, 5.41) is 2.59. The Hall–Kier alpha value is -3.60. The molecular weight excluding hydrogens is 454 g/mol. The third-order valence-corrected chi connectivity index (χ3v) is 5.49. The van der Waals surface area contributed by atoms with E-state index < -0.39 is 30.4 Å². The number of esters is 3. The molecule has 0 aliphatic heterocycles. The summed E-state index contributed by atoms with van der Waals surface area (Å²) in [7, 11) is 2.77. The first-order valence-electron chi connectivity index (χ1n) is 9.94. The fourth-order valence-corrected chi connectivity index (χ4v) is 3.97. The number of methoxy groups -OCH3 is 2. The Morgan fingerprint density at radius 1 is 0.848 bits per heavy atom. The molecule has 178 valence electrons. The van der Waals surface area contributed by atoms with Crippen LogP contribution in [0.25, 0.3) is 0 Å². The molecule has 0 atom stereocenters. The fourth-order valence-electron chi connectivity index (χ4n) is 2.86. The molecule has 1 amide bonds. The van der Waals surface area contributed by atoms with Gasteiger partial charge in [-0.2, -0.15) is 0 Å². The normalized spacial score (nSPS) is 10.2. The maximum atomic E-state index is 12.5. The van der Waals surface area contributed by atoms with E-state index >= 15 is 0 Å². The highest BCUT2D eigenvalue weighted by molar-refractivity contribution is 7.18. The summed E-state index contributed by atoms with van der Waals surface area (Å²) in [5.41, 5.74) is 0.387. The second-order valence-electron chi connectivity index (χ2n) is 6.36. The number of nitrogens with one attached hydrogen (secondary N) is 1. The standard InChI is InChI=1S/C22H25NO9S/c1-6-30-20(25)16-12(3)18(22(27)31-7-2)33-19(16)23-15(24)11-32-21(26)17-13(28-4)9-8-10-14(17)29-5/h8-10H,6-7,11H2,1-5H3,(H,23,24). The van der Waals surface area contributed by atoms with Crippen LogP contribution in [0.5, 0.6) is 11.5 Å². The molecule has 10 nitrogen and oxygen atoms in total. The molecule has 2 rings (SSSR count). The lowest BCUT2D eigenvalue weighted by atomic mass is 10.1. The Morgan fingerprint density at radius 2 is 1.39 bits per heavy atom. The van der Waals surface area contributed by atoms with Crippen LogP contribution in [0.4, 0.5) is 5.00 Å². The minimum atomic E-state index is -0.834. The molecule has 0 aliphatic carbocycles. The van der Waals surface area contributed by atoms with Gasteiger partial charge in [0.15, 0.2) is 6.61 Å². The molecule has 1 N–H and O–H groups in total. The van der Waals surface area contributed by atoms with Crippen molar-refractivity contribution in [3.05, 3.63) is 39.8 Å². The van der Waals surface area contributed by atoms with E-state index in [0.717, 1.165) is 11.3 Å². The van der Waals surface area contributed by atoms with Crippen molar-refractivity contribution in [3.63, 3.8) is 0 Å². The molecule has 0 aliphatic rings. The van der Waals surface area contributed by atoms with E-state index in [2.05, 4.69) is 5.32 Å². The van der Waals surface area contributed by atoms with Crippen molar-refractivity contribution >= 4 is 40.2 Å². The quantitative estimate of drug-likeness (QED) is 0.404. The van der Waals surface area contributed by atoms with E-state index in [1.807, 2.05) is 0 Å². The summed E-state index contributed by atoms with van der Waals surface area (Å²) in [6, 6.07) is 4.74. The monoisotopic (exact) mass is 479 g/mol. The van der Waals surface area contributed by atoms with E-state index in [9.17, 15) is 19.2 Å². The highest BCUT2D eigenvalue weighted by atomic mass is 32.1. The second-order valence-corrected chi connectivity index (χ2v) is 7.38. The number of hydrogen-bond acceptors (Lipinski definition) is 10. The van der Waals surface area contributed by atoms with E-state index in [0.29, 0.717) is 5.56 Å². The van der Waals surface area contributed by atoms with Gasteiger partial charge < -0.3 is 29.0 Å². The molecule has 1 heterocycles. The zero-order chi connectivity index (χ0) is 24.5. The first kappa shape index (κ1) is 25.7. The molecule has 0 unspecified atom stereocenters. The first-order valence-corrected chi connectivity index (χ1v) is 10.8. The fraction of sp³-hybridized carbons (Fsp3) is 0.364. The first-order chi connectivity index (χ1) is 15.8. The van der Waals surface area contributed by atoms with Gasteiger partial charge in [-0.1, -0.05) is 6.07 Å². The SMILES string of the molecule is CCOC(=O)c1sc(NC(=O)COC(=O)c2c(OC)cccc2OC)c(C(=O)OCC)c1C. The lowest BCUT2D eigenvalue weighted by Gasteiger charge is -2.12. The number of rotatable bonds is 10. The summed E-state index contributed by atoms with van der Waals surface area (Å²) in [6.07, 6.45) is 0. The van der Waals surface area contributed by atoms with Gasteiger partial charge in [-0.15, -0.1) is 11.3 Å². The summed E-state index contributed by atoms with van der Waals surface area (Å²) in [4.78, 5) is 49.8. The molecule has 11 heteroatoms. The maximum absolute atomic E-state index is 12.5. The predicted octanol–water partition coefficient (Wildman–Crippen LogP) is 3.22. The summed E-state index contributed by atoms with van der Waals surface area (Å²) < 4.78 is 25.5. The Bertz CT molecular complexity index is 1020. The predicted molar refractivity (Wildman–Crippen MR) is 119 cm³/mol. The van der Waals surface area contributed by atoms with E-state index in [-0.39, 0.29) is 45.7 Å².